The number of hydrogen-bond acceptors (Lipinski definition) is 6. The maximum absolute atomic E-state index is 13.2. The first kappa shape index (κ1) is 25.4. The summed E-state index contributed by atoms with van der Waals surface area (Å²) in [5.41, 5.74) is 1.23. The van der Waals surface area contributed by atoms with Crippen LogP contribution in [0.5, 0.6) is 11.5 Å². The average Bonchev–Trinajstić information content (AvgIpc) is 3.16. The van der Waals surface area contributed by atoms with Crippen molar-refractivity contribution < 1.29 is 22.7 Å². The van der Waals surface area contributed by atoms with E-state index in [1.165, 1.54) is 35.6 Å². The van der Waals surface area contributed by atoms with Gasteiger partial charge in [-0.3, -0.25) is 4.79 Å². The van der Waals surface area contributed by atoms with Crippen LogP contribution in [0.15, 0.2) is 46.3 Å². The van der Waals surface area contributed by atoms with E-state index in [2.05, 4.69) is 4.99 Å². The van der Waals surface area contributed by atoms with Crippen LogP contribution >= 0.6 is 11.3 Å². The molecule has 8 nitrogen and oxygen atoms in total. The maximum atomic E-state index is 13.2. The molecule has 2 aromatic carbocycles. The second-order valence-corrected chi connectivity index (χ2v) is 11.4. The van der Waals surface area contributed by atoms with Crippen LogP contribution in [0, 0.1) is 0 Å². The molecule has 4 rings (SSSR count). The van der Waals surface area contributed by atoms with Crippen molar-refractivity contribution in [3.8, 4) is 11.5 Å². The number of unbranched alkanes of at least 4 members (excludes halogenated alkanes) is 2. The number of aromatic nitrogens is 1. The van der Waals surface area contributed by atoms with E-state index in [-0.39, 0.29) is 4.90 Å². The summed E-state index contributed by atoms with van der Waals surface area (Å²) in [5.74, 6) is 0.938. The predicted octanol–water partition coefficient (Wildman–Crippen LogP) is 4.34. The number of aryl methyl sites for hydroxylation is 1. The van der Waals surface area contributed by atoms with Crippen LogP contribution in [-0.4, -0.2) is 49.5 Å². The van der Waals surface area contributed by atoms with Crippen molar-refractivity contribution in [1.82, 2.24) is 8.87 Å². The number of amides is 1. The summed E-state index contributed by atoms with van der Waals surface area (Å²) in [5, 5.41) is 0. The van der Waals surface area contributed by atoms with E-state index < -0.39 is 15.9 Å². The molecule has 0 unspecified atom stereocenters. The van der Waals surface area contributed by atoms with Crippen molar-refractivity contribution in [2.24, 2.45) is 12.0 Å². The molecule has 0 spiro atoms. The largest absolute Gasteiger partial charge is 0.486 e. The first-order chi connectivity index (χ1) is 16.8. The van der Waals surface area contributed by atoms with Gasteiger partial charge in [-0.25, -0.2) is 8.42 Å². The first-order valence-electron chi connectivity index (χ1n) is 11.9. The van der Waals surface area contributed by atoms with Crippen LogP contribution in [0.4, 0.5) is 0 Å². The summed E-state index contributed by atoms with van der Waals surface area (Å²) in [6, 6.07) is 9.86. The molecule has 1 amide bonds. The molecule has 0 saturated carbocycles. The van der Waals surface area contributed by atoms with Crippen LogP contribution in [0.2, 0.25) is 0 Å². The van der Waals surface area contributed by atoms with Crippen LogP contribution in [0.25, 0.3) is 10.2 Å². The zero-order chi connectivity index (χ0) is 25.0. The normalized spacial score (nSPS) is 14.1. The third-order valence-corrected chi connectivity index (χ3v) is 8.94. The summed E-state index contributed by atoms with van der Waals surface area (Å²) in [6.07, 6.45) is 3.47. The van der Waals surface area contributed by atoms with Crippen molar-refractivity contribution in [1.29, 1.82) is 0 Å². The van der Waals surface area contributed by atoms with Crippen molar-refractivity contribution in [3.05, 3.63) is 46.8 Å². The number of thiazole rings is 1. The molecular formula is C25H31N3O5S2. The van der Waals surface area contributed by atoms with E-state index in [1.54, 1.807) is 4.31 Å². The molecule has 0 saturated heterocycles. The molecule has 0 fully saturated rings. The van der Waals surface area contributed by atoms with Gasteiger partial charge in [-0.15, -0.1) is 0 Å². The average molecular weight is 518 g/mol. The molecule has 3 aromatic rings. The van der Waals surface area contributed by atoms with E-state index >= 15 is 0 Å². The van der Waals surface area contributed by atoms with E-state index in [9.17, 15) is 13.2 Å². The first-order valence-corrected chi connectivity index (χ1v) is 14.2. The van der Waals surface area contributed by atoms with Crippen molar-refractivity contribution >= 4 is 37.5 Å². The van der Waals surface area contributed by atoms with Crippen molar-refractivity contribution in [3.63, 3.8) is 0 Å². The fraction of sp³-hybridized carbons (Fsp3) is 0.440. The number of carbonyl (C=O) groups is 1. The van der Waals surface area contributed by atoms with Crippen molar-refractivity contribution in [2.75, 3.05) is 26.3 Å². The van der Waals surface area contributed by atoms with E-state index in [0.717, 1.165) is 35.9 Å². The minimum Gasteiger partial charge on any atom is -0.486 e. The van der Waals surface area contributed by atoms with Gasteiger partial charge in [-0.05, 0) is 37.1 Å². The number of nitrogens with zero attached hydrogens (tertiary/aromatic N) is 3. The highest BCUT2D eigenvalue weighted by atomic mass is 32.2. The lowest BCUT2D eigenvalue weighted by Gasteiger charge is -2.22. The van der Waals surface area contributed by atoms with Crippen LogP contribution in [0.1, 0.15) is 49.9 Å². The lowest BCUT2D eigenvalue weighted by Crippen LogP contribution is -2.33. The summed E-state index contributed by atoms with van der Waals surface area (Å²) in [4.78, 5) is 17.9. The lowest BCUT2D eigenvalue weighted by atomic mass is 10.2. The van der Waals surface area contributed by atoms with Crippen LogP contribution in [0.3, 0.4) is 0 Å². The van der Waals surface area contributed by atoms with E-state index in [0.29, 0.717) is 48.2 Å². The molecular weight excluding hydrogens is 486 g/mol. The molecule has 0 atom stereocenters. The smallest absolute Gasteiger partial charge is 0.279 e. The molecule has 0 N–H and O–H groups in total. The minimum atomic E-state index is -3.61. The maximum Gasteiger partial charge on any atom is 0.279 e. The Bertz CT molecular complexity index is 1370. The summed E-state index contributed by atoms with van der Waals surface area (Å²) in [7, 11) is -1.77. The molecule has 188 valence electrons. The van der Waals surface area contributed by atoms with Gasteiger partial charge >= 0.3 is 0 Å². The van der Waals surface area contributed by atoms with Gasteiger partial charge in [0, 0.05) is 37.8 Å². The zero-order valence-electron chi connectivity index (χ0n) is 20.3. The molecule has 35 heavy (non-hydrogen) atoms. The van der Waals surface area contributed by atoms with Gasteiger partial charge in [0.1, 0.15) is 13.2 Å². The third-order valence-electron chi connectivity index (χ3n) is 5.93. The molecule has 0 radical (unpaired) electrons. The van der Waals surface area contributed by atoms with Crippen LogP contribution in [-0.2, 0) is 17.1 Å². The second kappa shape index (κ2) is 10.9. The van der Waals surface area contributed by atoms with E-state index in [1.807, 2.05) is 37.6 Å². The number of fused-ring (bicyclic) bond motifs is 2. The highest BCUT2D eigenvalue weighted by Crippen LogP contribution is 2.35. The van der Waals surface area contributed by atoms with Gasteiger partial charge in [0.05, 0.1) is 15.1 Å². The number of ether oxygens (including phenoxy) is 2. The fourth-order valence-corrected chi connectivity index (χ4v) is 6.41. The van der Waals surface area contributed by atoms with Crippen LogP contribution < -0.4 is 14.3 Å². The molecule has 10 heteroatoms. The number of benzene rings is 2. The Kier molecular flexibility index (Phi) is 7.93. The van der Waals surface area contributed by atoms with Gasteiger partial charge in [0.25, 0.3) is 5.91 Å². The summed E-state index contributed by atoms with van der Waals surface area (Å²) < 4.78 is 42.0. The Labute approximate surface area is 209 Å². The van der Waals surface area contributed by atoms with Gasteiger partial charge in [-0.1, -0.05) is 38.0 Å². The van der Waals surface area contributed by atoms with Gasteiger partial charge < -0.3 is 14.0 Å². The predicted molar refractivity (Wildman–Crippen MR) is 137 cm³/mol. The quantitative estimate of drug-likeness (QED) is 0.421. The fourth-order valence-electron chi connectivity index (χ4n) is 3.86. The Morgan fingerprint density at radius 3 is 2.23 bits per heavy atom. The molecule has 1 aliphatic rings. The molecule has 2 heterocycles. The molecule has 1 aromatic heterocycles. The minimum absolute atomic E-state index is 0.194. The topological polar surface area (TPSA) is 90.2 Å². The number of sulfonamides is 1. The Balaban J connectivity index is 1.59. The van der Waals surface area contributed by atoms with Crippen molar-refractivity contribution in [2.45, 2.75) is 44.4 Å². The number of rotatable bonds is 9. The third kappa shape index (κ3) is 5.44. The SMILES string of the molecule is CCCCN(CCCC)S(=O)(=O)c1ccc(C(=O)N=c2sc3cc4c(cc3n2C)OCCO4)cc1. The Morgan fingerprint density at radius 2 is 1.63 bits per heavy atom. The monoisotopic (exact) mass is 517 g/mol. The highest BCUT2D eigenvalue weighted by molar-refractivity contribution is 7.89. The molecule has 0 aliphatic carbocycles. The second-order valence-electron chi connectivity index (χ2n) is 8.46. The molecule has 0 bridgehead atoms. The van der Waals surface area contributed by atoms with Gasteiger partial charge in [0.15, 0.2) is 16.3 Å². The zero-order valence-corrected chi connectivity index (χ0v) is 22.0. The van der Waals surface area contributed by atoms with Gasteiger partial charge in [0.2, 0.25) is 10.0 Å². The summed E-state index contributed by atoms with van der Waals surface area (Å²) in [6.45, 7) is 6.09. The number of carbonyl (C=O) groups excluding carboxylic acids is 1. The Hall–Kier alpha value is -2.69. The van der Waals surface area contributed by atoms with Gasteiger partial charge in [-0.2, -0.15) is 9.30 Å². The Morgan fingerprint density at radius 1 is 1.03 bits per heavy atom. The van der Waals surface area contributed by atoms with E-state index in [4.69, 9.17) is 9.47 Å². The standard InChI is InChI=1S/C25H31N3O5S2/c1-4-6-12-28(13-7-5-2)35(30,31)19-10-8-18(9-11-19)24(29)26-25-27(3)20-16-21-22(17-23(20)34-25)33-15-14-32-21/h8-11,16-17H,4-7,12-15H2,1-3H3. The summed E-state index contributed by atoms with van der Waals surface area (Å²) >= 11 is 1.38. The highest BCUT2D eigenvalue weighted by Gasteiger charge is 2.24. The lowest BCUT2D eigenvalue weighted by molar-refractivity contribution is 0.0998. The number of hydrogen-bond donors (Lipinski definition) is 0. The molecule has 1 aliphatic heterocycles.